The lowest BCUT2D eigenvalue weighted by Gasteiger charge is -2.20. The van der Waals surface area contributed by atoms with Crippen LogP contribution in [0, 0.1) is 23.3 Å². The zero-order valence-corrected chi connectivity index (χ0v) is 21.2. The quantitative estimate of drug-likeness (QED) is 0.164. The van der Waals surface area contributed by atoms with Gasteiger partial charge in [0.05, 0.1) is 27.2 Å². The smallest absolute Gasteiger partial charge is 0.257 e. The van der Waals surface area contributed by atoms with E-state index in [1.807, 2.05) is 0 Å². The SMILES string of the molecule is O=C(CC(Cl)(Cl)Cc1cc(F)c(F)c(Br)c1)Nc1ccc(Cl)c(C(=O)Nc2ccc(F)cc2F)c1. The van der Waals surface area contributed by atoms with E-state index in [9.17, 15) is 27.2 Å². The number of anilines is 2. The molecule has 12 heteroatoms. The number of benzene rings is 3. The third kappa shape index (κ3) is 7.33. The fourth-order valence-corrected chi connectivity index (χ4v) is 4.31. The van der Waals surface area contributed by atoms with Crippen LogP contribution in [0.15, 0.2) is 53.0 Å². The van der Waals surface area contributed by atoms with Gasteiger partial charge in [-0.2, -0.15) is 0 Å². The Morgan fingerprint density at radius 1 is 0.914 bits per heavy atom. The Morgan fingerprint density at radius 2 is 1.63 bits per heavy atom. The van der Waals surface area contributed by atoms with Gasteiger partial charge in [-0.15, -0.1) is 23.2 Å². The highest BCUT2D eigenvalue weighted by atomic mass is 79.9. The fourth-order valence-electron chi connectivity index (χ4n) is 3.07. The Bertz CT molecular complexity index is 1280. The summed E-state index contributed by atoms with van der Waals surface area (Å²) in [5, 5.41) is 4.79. The van der Waals surface area contributed by atoms with Crippen molar-refractivity contribution in [3.8, 4) is 0 Å². The van der Waals surface area contributed by atoms with Crippen LogP contribution in [0.4, 0.5) is 28.9 Å². The molecule has 4 nitrogen and oxygen atoms in total. The standard InChI is InChI=1S/C23H14BrCl3F4N2O2/c24-15-5-11(6-18(30)21(15)31)9-23(26,27)10-20(34)32-13-2-3-16(25)14(8-13)22(35)33-19-4-1-12(28)7-17(19)29/h1-8H,9-10H2,(H,32,34)(H,33,35). The fraction of sp³-hybridized carbons (Fsp3) is 0.130. The van der Waals surface area contributed by atoms with Crippen LogP contribution in [0.1, 0.15) is 22.3 Å². The zero-order valence-electron chi connectivity index (χ0n) is 17.4. The average Bonchev–Trinajstić information content (AvgIpc) is 2.74. The van der Waals surface area contributed by atoms with Crippen LogP contribution >= 0.6 is 50.7 Å². The molecule has 0 aliphatic heterocycles. The van der Waals surface area contributed by atoms with Crippen molar-refractivity contribution in [2.24, 2.45) is 0 Å². The van der Waals surface area contributed by atoms with Crippen LogP contribution < -0.4 is 10.6 Å². The first kappa shape index (κ1) is 27.3. The molecule has 3 aromatic rings. The van der Waals surface area contributed by atoms with Crippen molar-refractivity contribution in [2.75, 3.05) is 10.6 Å². The molecule has 0 saturated carbocycles. The van der Waals surface area contributed by atoms with Gasteiger partial charge in [0.2, 0.25) is 5.91 Å². The van der Waals surface area contributed by atoms with Gasteiger partial charge in [-0.3, -0.25) is 9.59 Å². The molecule has 35 heavy (non-hydrogen) atoms. The highest BCUT2D eigenvalue weighted by Gasteiger charge is 2.29. The number of hydrogen-bond donors (Lipinski definition) is 2. The first-order chi connectivity index (χ1) is 16.3. The number of rotatable bonds is 7. The van der Waals surface area contributed by atoms with E-state index in [-0.39, 0.29) is 38.4 Å². The zero-order chi connectivity index (χ0) is 25.9. The Morgan fingerprint density at radius 3 is 2.29 bits per heavy atom. The van der Waals surface area contributed by atoms with E-state index in [1.165, 1.54) is 24.3 Å². The molecule has 3 aromatic carbocycles. The van der Waals surface area contributed by atoms with Gasteiger partial charge in [0.25, 0.3) is 5.91 Å². The minimum absolute atomic E-state index is 0.0102. The van der Waals surface area contributed by atoms with Gasteiger partial charge in [0, 0.05) is 18.2 Å². The van der Waals surface area contributed by atoms with Crippen LogP contribution in [0.25, 0.3) is 0 Å². The third-order valence-corrected chi connectivity index (χ3v) is 6.04. The maximum absolute atomic E-state index is 13.8. The van der Waals surface area contributed by atoms with Crippen LogP contribution in [-0.2, 0) is 11.2 Å². The van der Waals surface area contributed by atoms with Crippen molar-refractivity contribution in [1.29, 1.82) is 0 Å². The van der Waals surface area contributed by atoms with Gasteiger partial charge in [-0.05, 0) is 64.0 Å². The molecule has 0 aliphatic carbocycles. The van der Waals surface area contributed by atoms with Gasteiger partial charge in [0.1, 0.15) is 16.0 Å². The maximum atomic E-state index is 13.8. The molecule has 0 aromatic heterocycles. The predicted molar refractivity (Wildman–Crippen MR) is 131 cm³/mol. The number of nitrogens with one attached hydrogen (secondary N) is 2. The summed E-state index contributed by atoms with van der Waals surface area (Å²) in [5.74, 6) is -5.40. The maximum Gasteiger partial charge on any atom is 0.257 e. The number of hydrogen-bond acceptors (Lipinski definition) is 2. The number of carbonyl (C=O) groups excluding carboxylic acids is 2. The van der Waals surface area contributed by atoms with Crippen LogP contribution in [-0.4, -0.2) is 16.1 Å². The minimum atomic E-state index is -1.67. The Labute approximate surface area is 220 Å². The summed E-state index contributed by atoms with van der Waals surface area (Å²) in [5.41, 5.74) is 0.0542. The average molecular weight is 613 g/mol. The van der Waals surface area contributed by atoms with Gasteiger partial charge >= 0.3 is 0 Å². The largest absolute Gasteiger partial charge is 0.326 e. The molecule has 0 fully saturated rings. The normalized spacial score (nSPS) is 11.3. The molecule has 0 radical (unpaired) electrons. The highest BCUT2D eigenvalue weighted by Crippen LogP contribution is 2.33. The van der Waals surface area contributed by atoms with E-state index in [0.29, 0.717) is 6.07 Å². The molecule has 184 valence electrons. The number of amides is 2. The summed E-state index contributed by atoms with van der Waals surface area (Å²) in [6, 6.07) is 8.84. The van der Waals surface area contributed by atoms with Gasteiger partial charge in [-0.25, -0.2) is 17.6 Å². The molecule has 0 spiro atoms. The first-order valence-electron chi connectivity index (χ1n) is 9.72. The van der Waals surface area contributed by atoms with E-state index in [0.717, 1.165) is 18.2 Å². The second-order valence-electron chi connectivity index (χ2n) is 7.40. The Hall–Kier alpha value is -2.33. The highest BCUT2D eigenvalue weighted by molar-refractivity contribution is 9.10. The van der Waals surface area contributed by atoms with Crippen LogP contribution in [0.2, 0.25) is 5.02 Å². The number of carbonyl (C=O) groups is 2. The summed E-state index contributed by atoms with van der Waals surface area (Å²) < 4.78 is 52.2. The Kier molecular flexibility index (Phi) is 8.69. The predicted octanol–water partition coefficient (Wildman–Crippen LogP) is 7.66. The van der Waals surface area contributed by atoms with E-state index in [1.54, 1.807) is 0 Å². The second-order valence-corrected chi connectivity index (χ2v) is 10.3. The van der Waals surface area contributed by atoms with E-state index >= 15 is 0 Å². The summed E-state index contributed by atoms with van der Waals surface area (Å²) in [6.07, 6.45) is -0.603. The molecular formula is C23H14BrCl3F4N2O2. The molecular weight excluding hydrogens is 599 g/mol. The molecule has 0 bridgehead atoms. The van der Waals surface area contributed by atoms with E-state index < -0.39 is 45.8 Å². The summed E-state index contributed by atoms with van der Waals surface area (Å²) in [4.78, 5) is 25.0. The van der Waals surface area contributed by atoms with Crippen molar-refractivity contribution in [3.63, 3.8) is 0 Å². The summed E-state index contributed by atoms with van der Waals surface area (Å²) in [6.45, 7) is 0. The van der Waals surface area contributed by atoms with Crippen molar-refractivity contribution >= 4 is 73.9 Å². The summed E-state index contributed by atoms with van der Waals surface area (Å²) in [7, 11) is 0. The van der Waals surface area contributed by atoms with E-state index in [2.05, 4.69) is 26.6 Å². The monoisotopic (exact) mass is 610 g/mol. The topological polar surface area (TPSA) is 58.2 Å². The molecule has 0 aliphatic rings. The molecule has 0 atom stereocenters. The van der Waals surface area contributed by atoms with Gasteiger partial charge in [0.15, 0.2) is 11.6 Å². The van der Waals surface area contributed by atoms with Crippen molar-refractivity contribution in [3.05, 3.63) is 92.4 Å². The molecule has 2 N–H and O–H groups in total. The van der Waals surface area contributed by atoms with Gasteiger partial charge in [-0.1, -0.05) is 11.6 Å². The lowest BCUT2D eigenvalue weighted by Crippen LogP contribution is -2.26. The van der Waals surface area contributed by atoms with Crippen molar-refractivity contribution < 1.29 is 27.2 Å². The minimum Gasteiger partial charge on any atom is -0.326 e. The Balaban J connectivity index is 1.69. The molecule has 0 heterocycles. The van der Waals surface area contributed by atoms with E-state index in [4.69, 9.17) is 34.8 Å². The molecule has 0 unspecified atom stereocenters. The third-order valence-electron chi connectivity index (χ3n) is 4.60. The lowest BCUT2D eigenvalue weighted by atomic mass is 10.1. The second kappa shape index (κ2) is 11.2. The van der Waals surface area contributed by atoms with Gasteiger partial charge < -0.3 is 10.6 Å². The lowest BCUT2D eigenvalue weighted by molar-refractivity contribution is -0.116. The van der Waals surface area contributed by atoms with Crippen molar-refractivity contribution in [2.45, 2.75) is 17.2 Å². The molecule has 3 rings (SSSR count). The number of halogens is 8. The van der Waals surface area contributed by atoms with Crippen LogP contribution in [0.3, 0.4) is 0 Å². The summed E-state index contributed by atoms with van der Waals surface area (Å²) >= 11 is 21.4. The first-order valence-corrected chi connectivity index (χ1v) is 11.6. The van der Waals surface area contributed by atoms with Crippen LogP contribution in [0.5, 0.6) is 0 Å². The number of alkyl halides is 2. The van der Waals surface area contributed by atoms with Crippen molar-refractivity contribution in [1.82, 2.24) is 0 Å². The molecule has 2 amide bonds. The molecule has 0 saturated heterocycles.